The lowest BCUT2D eigenvalue weighted by Crippen LogP contribution is -2.18. The average Bonchev–Trinajstić information content (AvgIpc) is 2.14. The Morgan fingerprint density at radius 3 is 2.56 bits per heavy atom. The molecule has 16 heavy (non-hydrogen) atoms. The van der Waals surface area contributed by atoms with Crippen LogP contribution in [0, 0.1) is 0 Å². The standard InChI is InChI=1S/C10H13F3N2O/c1-6(16)5-15-9-3-2-7(14)4-8(9)10(11,12)13/h2-4,6,15-16H,5,14H2,1H3. The van der Waals surface area contributed by atoms with E-state index in [2.05, 4.69) is 5.32 Å². The number of anilines is 2. The minimum Gasteiger partial charge on any atom is -0.399 e. The van der Waals surface area contributed by atoms with E-state index in [9.17, 15) is 13.2 Å². The zero-order chi connectivity index (χ0) is 12.3. The lowest BCUT2D eigenvalue weighted by atomic mass is 10.1. The van der Waals surface area contributed by atoms with Crippen molar-refractivity contribution >= 4 is 11.4 Å². The van der Waals surface area contributed by atoms with Gasteiger partial charge in [0, 0.05) is 17.9 Å². The van der Waals surface area contributed by atoms with E-state index in [4.69, 9.17) is 10.8 Å². The lowest BCUT2D eigenvalue weighted by molar-refractivity contribution is -0.136. The zero-order valence-corrected chi connectivity index (χ0v) is 8.67. The molecule has 90 valence electrons. The van der Waals surface area contributed by atoms with E-state index >= 15 is 0 Å². The van der Waals surface area contributed by atoms with Crippen LogP contribution in [-0.2, 0) is 6.18 Å². The van der Waals surface area contributed by atoms with Crippen molar-refractivity contribution in [2.45, 2.75) is 19.2 Å². The van der Waals surface area contributed by atoms with Gasteiger partial charge >= 0.3 is 6.18 Å². The molecule has 0 aliphatic carbocycles. The molecule has 0 spiro atoms. The molecule has 0 bridgehead atoms. The molecule has 6 heteroatoms. The molecule has 0 saturated carbocycles. The highest BCUT2D eigenvalue weighted by atomic mass is 19.4. The number of nitrogens with two attached hydrogens (primary N) is 1. The number of nitrogens with one attached hydrogen (secondary N) is 1. The van der Waals surface area contributed by atoms with Gasteiger partial charge in [0.15, 0.2) is 0 Å². The Hall–Kier alpha value is -1.43. The van der Waals surface area contributed by atoms with Gasteiger partial charge in [-0.1, -0.05) is 0 Å². The van der Waals surface area contributed by atoms with Crippen LogP contribution >= 0.6 is 0 Å². The summed E-state index contributed by atoms with van der Waals surface area (Å²) in [4.78, 5) is 0. The van der Waals surface area contributed by atoms with Gasteiger partial charge in [-0.2, -0.15) is 13.2 Å². The summed E-state index contributed by atoms with van der Waals surface area (Å²) < 4.78 is 37.8. The third kappa shape index (κ3) is 3.30. The SMILES string of the molecule is CC(O)CNc1ccc(N)cc1C(F)(F)F. The first-order chi connectivity index (χ1) is 7.30. The van der Waals surface area contributed by atoms with E-state index in [1.807, 2.05) is 0 Å². The van der Waals surface area contributed by atoms with E-state index in [-0.39, 0.29) is 17.9 Å². The Labute approximate surface area is 91.1 Å². The Balaban J connectivity index is 2.99. The highest BCUT2D eigenvalue weighted by molar-refractivity contribution is 5.59. The monoisotopic (exact) mass is 234 g/mol. The number of halogens is 3. The lowest BCUT2D eigenvalue weighted by Gasteiger charge is -2.15. The fourth-order valence-corrected chi connectivity index (χ4v) is 1.21. The third-order valence-electron chi connectivity index (χ3n) is 1.94. The molecule has 0 heterocycles. The second kappa shape index (κ2) is 4.61. The van der Waals surface area contributed by atoms with Gasteiger partial charge in [0.25, 0.3) is 0 Å². The van der Waals surface area contributed by atoms with E-state index in [1.165, 1.54) is 19.1 Å². The fourth-order valence-electron chi connectivity index (χ4n) is 1.21. The molecular weight excluding hydrogens is 221 g/mol. The summed E-state index contributed by atoms with van der Waals surface area (Å²) in [5.74, 6) is 0. The highest BCUT2D eigenvalue weighted by Gasteiger charge is 2.33. The number of rotatable bonds is 3. The van der Waals surface area contributed by atoms with Crippen LogP contribution in [0.15, 0.2) is 18.2 Å². The Kier molecular flexibility index (Phi) is 3.64. The Morgan fingerprint density at radius 1 is 1.44 bits per heavy atom. The second-order valence-electron chi connectivity index (χ2n) is 3.53. The second-order valence-corrected chi connectivity index (χ2v) is 3.53. The third-order valence-corrected chi connectivity index (χ3v) is 1.94. The minimum atomic E-state index is -4.46. The number of hydrogen-bond acceptors (Lipinski definition) is 3. The van der Waals surface area contributed by atoms with Gasteiger partial charge in [-0.3, -0.25) is 0 Å². The molecule has 1 aromatic carbocycles. The minimum absolute atomic E-state index is 0.0486. The fraction of sp³-hybridized carbons (Fsp3) is 0.400. The summed E-state index contributed by atoms with van der Waals surface area (Å²) in [6, 6.07) is 3.49. The molecule has 0 aliphatic heterocycles. The summed E-state index contributed by atoms with van der Waals surface area (Å²) in [5.41, 5.74) is 4.45. The van der Waals surface area contributed by atoms with Crippen molar-refractivity contribution in [3.05, 3.63) is 23.8 Å². The van der Waals surface area contributed by atoms with Crippen molar-refractivity contribution in [1.29, 1.82) is 0 Å². The highest BCUT2D eigenvalue weighted by Crippen LogP contribution is 2.35. The molecule has 0 saturated heterocycles. The molecule has 0 fully saturated rings. The molecule has 0 radical (unpaired) electrons. The average molecular weight is 234 g/mol. The van der Waals surface area contributed by atoms with E-state index in [0.29, 0.717) is 0 Å². The smallest absolute Gasteiger partial charge is 0.399 e. The van der Waals surface area contributed by atoms with Crippen molar-refractivity contribution in [3.8, 4) is 0 Å². The summed E-state index contributed by atoms with van der Waals surface area (Å²) in [5, 5.41) is 11.5. The molecule has 4 N–H and O–H groups in total. The number of hydrogen-bond donors (Lipinski definition) is 3. The van der Waals surface area contributed by atoms with E-state index < -0.39 is 17.8 Å². The maximum Gasteiger partial charge on any atom is 0.418 e. The maximum atomic E-state index is 12.6. The maximum absolute atomic E-state index is 12.6. The summed E-state index contributed by atoms with van der Waals surface area (Å²) >= 11 is 0. The number of nitrogen functional groups attached to an aromatic ring is 1. The summed E-state index contributed by atoms with van der Waals surface area (Å²) in [7, 11) is 0. The van der Waals surface area contributed by atoms with Crippen LogP contribution in [0.4, 0.5) is 24.5 Å². The quantitative estimate of drug-likeness (QED) is 0.702. The number of aliphatic hydroxyl groups excluding tert-OH is 1. The molecule has 1 atom stereocenters. The van der Waals surface area contributed by atoms with Crippen LogP contribution in [0.1, 0.15) is 12.5 Å². The summed E-state index contributed by atoms with van der Waals surface area (Å²) in [6.07, 6.45) is -5.19. The van der Waals surface area contributed by atoms with E-state index in [0.717, 1.165) is 6.07 Å². The van der Waals surface area contributed by atoms with Gasteiger partial charge in [-0.15, -0.1) is 0 Å². The van der Waals surface area contributed by atoms with Crippen molar-refractivity contribution in [3.63, 3.8) is 0 Å². The van der Waals surface area contributed by atoms with Crippen molar-refractivity contribution in [1.82, 2.24) is 0 Å². The van der Waals surface area contributed by atoms with Gasteiger partial charge in [-0.25, -0.2) is 0 Å². The zero-order valence-electron chi connectivity index (χ0n) is 8.67. The molecule has 0 aliphatic rings. The first-order valence-electron chi connectivity index (χ1n) is 4.69. The van der Waals surface area contributed by atoms with Gasteiger partial charge in [0.05, 0.1) is 11.7 Å². The van der Waals surface area contributed by atoms with Crippen LogP contribution in [0.5, 0.6) is 0 Å². The largest absolute Gasteiger partial charge is 0.418 e. The molecule has 3 nitrogen and oxygen atoms in total. The molecule has 0 amide bonds. The van der Waals surface area contributed by atoms with Crippen molar-refractivity contribution in [2.75, 3.05) is 17.6 Å². The molecule has 1 unspecified atom stereocenters. The van der Waals surface area contributed by atoms with Crippen LogP contribution in [0.3, 0.4) is 0 Å². The molecule has 0 aromatic heterocycles. The molecule has 1 rings (SSSR count). The van der Waals surface area contributed by atoms with Crippen LogP contribution < -0.4 is 11.1 Å². The predicted octanol–water partition coefficient (Wildman–Crippen LogP) is 2.08. The first kappa shape index (κ1) is 12.6. The molecular formula is C10H13F3N2O. The van der Waals surface area contributed by atoms with Crippen LogP contribution in [0.2, 0.25) is 0 Å². The van der Waals surface area contributed by atoms with Gasteiger partial charge in [0.2, 0.25) is 0 Å². The predicted molar refractivity (Wildman–Crippen MR) is 56.0 cm³/mol. The summed E-state index contributed by atoms with van der Waals surface area (Å²) in [6.45, 7) is 1.53. The van der Waals surface area contributed by atoms with Crippen LogP contribution in [0.25, 0.3) is 0 Å². The van der Waals surface area contributed by atoms with Gasteiger partial charge in [-0.05, 0) is 25.1 Å². The Bertz CT molecular complexity index is 364. The number of benzene rings is 1. The van der Waals surface area contributed by atoms with Gasteiger partial charge < -0.3 is 16.2 Å². The number of alkyl halides is 3. The Morgan fingerprint density at radius 2 is 2.06 bits per heavy atom. The molecule has 1 aromatic rings. The van der Waals surface area contributed by atoms with Crippen molar-refractivity contribution in [2.24, 2.45) is 0 Å². The van der Waals surface area contributed by atoms with Gasteiger partial charge in [0.1, 0.15) is 0 Å². The normalized spacial score (nSPS) is 13.6. The number of aliphatic hydroxyl groups is 1. The van der Waals surface area contributed by atoms with Crippen molar-refractivity contribution < 1.29 is 18.3 Å². The topological polar surface area (TPSA) is 58.3 Å². The van der Waals surface area contributed by atoms with Crippen LogP contribution in [-0.4, -0.2) is 17.8 Å². The first-order valence-corrected chi connectivity index (χ1v) is 4.69. The van der Waals surface area contributed by atoms with E-state index in [1.54, 1.807) is 0 Å².